The van der Waals surface area contributed by atoms with Crippen LogP contribution in [0.2, 0.25) is 10.0 Å². The van der Waals surface area contributed by atoms with Crippen LogP contribution in [0.3, 0.4) is 0 Å². The molecule has 350 valence electrons. The molecule has 0 saturated heterocycles. The zero-order valence-corrected chi connectivity index (χ0v) is 41.4. The largest absolute Gasteiger partial charge is 0.481 e. The third kappa shape index (κ3) is 7.80. The number of nitrogens with zero attached hydrogens (tertiary/aromatic N) is 2. The number of esters is 1. The Morgan fingerprint density at radius 3 is 1.40 bits per heavy atom. The van der Waals surface area contributed by atoms with Gasteiger partial charge in [-0.3, -0.25) is 19.2 Å². The molecular formula is C55H70Cl2N2O6. The standard InChI is InChI=1S/C28H36ClNO3.C27H34ClNO3/c1-25(2,3)12-10-19-8-9-20(13-22(19)29)28-11-6-5-7-21(28)15-30(23(31)14-28)27-16-26(17-27,18-27)24(32)33-4;1-24(2,3)11-9-18-7-8-19(12-21(18)28)27-10-5-4-6-20(27)14-29(22(30)13-27)26-15-25(16-26,17-26)23(31)32/h8-9,13,15H,5-7,10-12,14,16-18H2,1-4H3;7-8,12,14H,4-6,9-11,13,15-17H2,1-3H3,(H,31,32)/t26?,27?,28-;25?,26?,27-/m00/s1. The summed E-state index contributed by atoms with van der Waals surface area (Å²) in [5.74, 6) is -0.492. The van der Waals surface area contributed by atoms with Crippen LogP contribution in [0.15, 0.2) is 59.9 Å². The van der Waals surface area contributed by atoms with Crippen LogP contribution in [0.5, 0.6) is 0 Å². The van der Waals surface area contributed by atoms with Crippen molar-refractivity contribution < 1.29 is 29.0 Å². The van der Waals surface area contributed by atoms with Crippen molar-refractivity contribution >= 4 is 47.0 Å². The van der Waals surface area contributed by atoms with Crippen LogP contribution in [-0.2, 0) is 47.6 Å². The zero-order valence-electron chi connectivity index (χ0n) is 39.9. The average molecular weight is 926 g/mol. The molecule has 1 N–H and O–H groups in total. The molecule has 8 aliphatic carbocycles. The minimum atomic E-state index is -0.704. The normalized spacial score (nSPS) is 33.3. The first kappa shape index (κ1) is 46.5. The number of methoxy groups -OCH3 is 1. The molecule has 10 aliphatic rings. The first-order valence-corrected chi connectivity index (χ1v) is 25.2. The van der Waals surface area contributed by atoms with Gasteiger partial charge >= 0.3 is 11.9 Å². The van der Waals surface area contributed by atoms with Gasteiger partial charge in [0, 0.05) is 46.1 Å². The van der Waals surface area contributed by atoms with Gasteiger partial charge in [-0.15, -0.1) is 0 Å². The summed E-state index contributed by atoms with van der Waals surface area (Å²) in [6.07, 6.45) is 21.9. The number of amides is 2. The lowest BCUT2D eigenvalue weighted by molar-refractivity contribution is -0.226. The Bertz CT molecular complexity index is 2350. The Morgan fingerprint density at radius 1 is 0.646 bits per heavy atom. The minimum absolute atomic E-state index is 0.116. The molecule has 4 bridgehead atoms. The van der Waals surface area contributed by atoms with Crippen molar-refractivity contribution in [1.82, 2.24) is 9.80 Å². The summed E-state index contributed by atoms with van der Waals surface area (Å²) in [5, 5.41) is 11.1. The van der Waals surface area contributed by atoms with Crippen molar-refractivity contribution in [3.05, 3.63) is 92.2 Å². The van der Waals surface area contributed by atoms with E-state index in [1.165, 1.54) is 40.5 Å². The zero-order chi connectivity index (χ0) is 46.6. The van der Waals surface area contributed by atoms with Crippen molar-refractivity contribution in [2.24, 2.45) is 21.7 Å². The number of carbonyl (C=O) groups is 4. The molecule has 0 radical (unpaired) electrons. The van der Waals surface area contributed by atoms with Gasteiger partial charge in [-0.1, -0.05) is 102 Å². The van der Waals surface area contributed by atoms with Crippen LogP contribution < -0.4 is 0 Å². The molecule has 8 fully saturated rings. The molecule has 0 spiro atoms. The van der Waals surface area contributed by atoms with E-state index in [-0.39, 0.29) is 55.9 Å². The van der Waals surface area contributed by atoms with Crippen LogP contribution in [0.1, 0.15) is 179 Å². The first-order valence-electron chi connectivity index (χ1n) is 24.5. The highest BCUT2D eigenvalue weighted by Gasteiger charge is 2.76. The van der Waals surface area contributed by atoms with Gasteiger partial charge in [0.1, 0.15) is 0 Å². The number of allylic oxidation sites excluding steroid dienone is 2. The Labute approximate surface area is 396 Å². The molecule has 10 heteroatoms. The number of aliphatic carboxylic acids is 1. The van der Waals surface area contributed by atoms with Gasteiger partial charge in [-0.05, 0) is 159 Å². The van der Waals surface area contributed by atoms with E-state index >= 15 is 0 Å². The lowest BCUT2D eigenvalue weighted by atomic mass is 9.38. The maximum absolute atomic E-state index is 13.5. The van der Waals surface area contributed by atoms with E-state index in [9.17, 15) is 24.3 Å². The highest BCUT2D eigenvalue weighted by atomic mass is 35.5. The molecule has 2 heterocycles. The van der Waals surface area contributed by atoms with Crippen LogP contribution in [0, 0.1) is 21.7 Å². The van der Waals surface area contributed by atoms with Gasteiger partial charge in [-0.25, -0.2) is 0 Å². The molecule has 2 aliphatic heterocycles. The van der Waals surface area contributed by atoms with E-state index in [1.807, 2.05) is 9.80 Å². The SMILES string of the molecule is CC(C)(C)CCc1ccc([C@@]23CCCCC2=CN(C24CC(C(=O)O)(C2)C4)C(=O)C3)cc1Cl.COC(=O)C12CC(N3C=C4CCCC[C@@]4(c4ccc(CCC(C)(C)C)c(Cl)c4)CC3=O)(C1)C2. The Balaban J connectivity index is 0.000000164. The van der Waals surface area contributed by atoms with Gasteiger partial charge in [0.05, 0.1) is 29.0 Å². The molecule has 8 nitrogen and oxygen atoms in total. The number of halogens is 2. The van der Waals surface area contributed by atoms with Crippen molar-refractivity contribution in [2.75, 3.05) is 7.11 Å². The molecule has 2 aromatic rings. The maximum atomic E-state index is 13.5. The lowest BCUT2D eigenvalue weighted by Gasteiger charge is -2.71. The molecule has 0 unspecified atom stereocenters. The van der Waals surface area contributed by atoms with E-state index in [0.717, 1.165) is 106 Å². The summed E-state index contributed by atoms with van der Waals surface area (Å²) in [6.45, 7) is 13.5. The average Bonchev–Trinajstić information content (AvgIpc) is 3.17. The first-order chi connectivity index (χ1) is 30.5. The summed E-state index contributed by atoms with van der Waals surface area (Å²) in [4.78, 5) is 54.6. The predicted molar refractivity (Wildman–Crippen MR) is 256 cm³/mol. The number of carboxylic acid groups (broad SMARTS) is 1. The number of fused-ring (bicyclic) bond motifs is 2. The third-order valence-corrected chi connectivity index (χ3v) is 18.1. The molecule has 2 aromatic carbocycles. The Hall–Kier alpha value is -3.62. The summed E-state index contributed by atoms with van der Waals surface area (Å²) in [7, 11) is 1.46. The number of ether oxygens (including phenoxy) is 1. The van der Waals surface area contributed by atoms with E-state index in [1.54, 1.807) is 0 Å². The van der Waals surface area contributed by atoms with E-state index < -0.39 is 11.4 Å². The van der Waals surface area contributed by atoms with Gasteiger partial charge in [0.2, 0.25) is 11.8 Å². The maximum Gasteiger partial charge on any atom is 0.312 e. The minimum Gasteiger partial charge on any atom is -0.481 e. The molecule has 2 amide bonds. The third-order valence-electron chi connectivity index (χ3n) is 17.4. The monoisotopic (exact) mass is 924 g/mol. The van der Waals surface area contributed by atoms with Crippen LogP contribution in [-0.4, -0.2) is 56.8 Å². The van der Waals surface area contributed by atoms with Crippen molar-refractivity contribution in [1.29, 1.82) is 0 Å². The number of aryl methyl sites for hydroxylation is 2. The van der Waals surface area contributed by atoms with Crippen molar-refractivity contribution in [3.63, 3.8) is 0 Å². The number of rotatable bonds is 10. The van der Waals surface area contributed by atoms with Crippen molar-refractivity contribution in [3.8, 4) is 0 Å². The molecule has 2 atom stereocenters. The number of hydrogen-bond acceptors (Lipinski definition) is 5. The predicted octanol–water partition coefficient (Wildman–Crippen LogP) is 12.6. The summed E-state index contributed by atoms with van der Waals surface area (Å²) in [5.41, 5.74) is 6.13. The Morgan fingerprint density at radius 2 is 1.05 bits per heavy atom. The fraction of sp³-hybridized carbons (Fsp3) is 0.636. The van der Waals surface area contributed by atoms with E-state index in [0.29, 0.717) is 32.1 Å². The molecule has 65 heavy (non-hydrogen) atoms. The molecular weight excluding hydrogens is 856 g/mol. The van der Waals surface area contributed by atoms with Crippen LogP contribution in [0.4, 0.5) is 0 Å². The van der Waals surface area contributed by atoms with Gasteiger partial charge in [0.15, 0.2) is 0 Å². The molecule has 8 saturated carbocycles. The summed E-state index contributed by atoms with van der Waals surface area (Å²) < 4.78 is 5.00. The second kappa shape index (κ2) is 16.0. The number of carbonyl (C=O) groups excluding carboxylic acids is 3. The molecule has 12 rings (SSSR count). The smallest absolute Gasteiger partial charge is 0.312 e. The summed E-state index contributed by atoms with van der Waals surface area (Å²) in [6, 6.07) is 13.0. The number of benzene rings is 2. The Kier molecular flexibility index (Phi) is 11.4. The van der Waals surface area contributed by atoms with Crippen LogP contribution in [0.25, 0.3) is 0 Å². The fourth-order valence-electron chi connectivity index (χ4n) is 13.6. The lowest BCUT2D eigenvalue weighted by Crippen LogP contribution is -2.77. The van der Waals surface area contributed by atoms with Gasteiger partial charge < -0.3 is 19.6 Å². The molecule has 0 aromatic heterocycles. The second-order valence-corrected chi connectivity index (χ2v) is 25.2. The van der Waals surface area contributed by atoms with E-state index in [2.05, 4.69) is 90.3 Å². The van der Waals surface area contributed by atoms with E-state index in [4.69, 9.17) is 27.9 Å². The second-order valence-electron chi connectivity index (χ2n) is 24.4. The number of hydrogen-bond donors (Lipinski definition) is 1. The van der Waals surface area contributed by atoms with Crippen molar-refractivity contribution in [2.45, 2.75) is 192 Å². The van der Waals surface area contributed by atoms with Crippen LogP contribution >= 0.6 is 23.2 Å². The highest BCUT2D eigenvalue weighted by Crippen LogP contribution is 2.72. The fourth-order valence-corrected chi connectivity index (χ4v) is 14.2. The van der Waals surface area contributed by atoms with Gasteiger partial charge in [0.25, 0.3) is 0 Å². The van der Waals surface area contributed by atoms with Gasteiger partial charge in [-0.2, -0.15) is 0 Å². The highest BCUT2D eigenvalue weighted by molar-refractivity contribution is 6.31. The number of carboxylic acids is 1. The quantitative estimate of drug-likeness (QED) is 0.238. The topological polar surface area (TPSA) is 104 Å². The summed E-state index contributed by atoms with van der Waals surface area (Å²) >= 11 is 13.5.